The minimum Gasteiger partial charge on any atom is -0.447 e. The Balaban J connectivity index is 1.69. The molecule has 0 saturated heterocycles. The van der Waals surface area contributed by atoms with Crippen molar-refractivity contribution in [3.63, 3.8) is 0 Å². The Morgan fingerprint density at radius 2 is 1.89 bits per heavy atom. The number of hydrogen-bond donors (Lipinski definition) is 2. The smallest absolute Gasteiger partial charge is 0.412 e. The first-order chi connectivity index (χ1) is 16.9. The van der Waals surface area contributed by atoms with Crippen LogP contribution in [0.1, 0.15) is 25.8 Å². The number of aromatic nitrogens is 1. The first kappa shape index (κ1) is 27.2. The van der Waals surface area contributed by atoms with Crippen molar-refractivity contribution in [2.24, 2.45) is 0 Å². The van der Waals surface area contributed by atoms with Crippen LogP contribution in [0, 0.1) is 17.7 Å². The number of ether oxygens (including phenoxy) is 1. The first-order valence-electron chi connectivity index (χ1n) is 10.6. The van der Waals surface area contributed by atoms with E-state index >= 15 is 0 Å². The van der Waals surface area contributed by atoms with Crippen LogP contribution in [0.25, 0.3) is 10.8 Å². The van der Waals surface area contributed by atoms with Gasteiger partial charge in [0.2, 0.25) is 11.8 Å². The molecule has 1 radical (unpaired) electrons. The SMILES string of the molecule is CC(=O)N(NCc1cccc(F)c1Cl)[C](COC(=O)Nc1cc2cc(F)ccc2cn1)CC(C)(F)F. The third-order valence-electron chi connectivity index (χ3n) is 4.89. The molecule has 2 aromatic carbocycles. The molecule has 2 N–H and O–H groups in total. The molecule has 7 nitrogen and oxygen atoms in total. The van der Waals surface area contributed by atoms with Crippen LogP contribution in [-0.4, -0.2) is 34.5 Å². The second-order valence-electron chi connectivity index (χ2n) is 7.98. The van der Waals surface area contributed by atoms with E-state index in [0.29, 0.717) is 17.7 Å². The number of pyridine rings is 1. The number of nitrogens with zero attached hydrogens (tertiary/aromatic N) is 2. The van der Waals surface area contributed by atoms with E-state index in [1.807, 2.05) is 0 Å². The summed E-state index contributed by atoms with van der Waals surface area (Å²) in [7, 11) is 0. The molecule has 3 rings (SSSR count). The summed E-state index contributed by atoms with van der Waals surface area (Å²) in [6.07, 6.45) is -0.540. The number of hydrazine groups is 1. The molecular weight excluding hydrogens is 504 g/mol. The summed E-state index contributed by atoms with van der Waals surface area (Å²) in [5, 5.41) is 4.07. The summed E-state index contributed by atoms with van der Waals surface area (Å²) >= 11 is 5.92. The highest BCUT2D eigenvalue weighted by Crippen LogP contribution is 2.27. The van der Waals surface area contributed by atoms with E-state index in [9.17, 15) is 27.2 Å². The Kier molecular flexibility index (Phi) is 8.70. The third-order valence-corrected chi connectivity index (χ3v) is 5.31. The zero-order valence-corrected chi connectivity index (χ0v) is 20.0. The Labute approximate surface area is 209 Å². The fourth-order valence-corrected chi connectivity index (χ4v) is 3.51. The van der Waals surface area contributed by atoms with Crippen molar-refractivity contribution in [3.05, 3.63) is 76.9 Å². The molecule has 3 aromatic rings. The fraction of sp³-hybridized carbons (Fsp3) is 0.250. The van der Waals surface area contributed by atoms with Gasteiger partial charge in [-0.25, -0.2) is 32.8 Å². The number of carbonyl (C=O) groups is 2. The van der Waals surface area contributed by atoms with Crippen LogP contribution < -0.4 is 10.7 Å². The van der Waals surface area contributed by atoms with Gasteiger partial charge in [0.25, 0.3) is 0 Å². The van der Waals surface area contributed by atoms with Gasteiger partial charge in [-0.05, 0) is 48.2 Å². The number of benzene rings is 2. The van der Waals surface area contributed by atoms with E-state index < -0.39 is 42.6 Å². The molecular formula is C24H22ClF4N4O3. The lowest BCUT2D eigenvalue weighted by Gasteiger charge is -2.31. The second-order valence-corrected chi connectivity index (χ2v) is 8.36. The predicted octanol–water partition coefficient (Wildman–Crippen LogP) is 5.85. The highest BCUT2D eigenvalue weighted by atomic mass is 35.5. The Bertz CT molecular complexity index is 1260. The maximum atomic E-state index is 13.9. The van der Waals surface area contributed by atoms with Gasteiger partial charge in [0.1, 0.15) is 30.1 Å². The summed E-state index contributed by atoms with van der Waals surface area (Å²) in [6, 6.07) is 9.25. The molecule has 0 aliphatic rings. The molecule has 0 fully saturated rings. The van der Waals surface area contributed by atoms with E-state index in [1.54, 1.807) is 0 Å². The first-order valence-corrected chi connectivity index (χ1v) is 11.0. The molecule has 0 spiro atoms. The zero-order chi connectivity index (χ0) is 26.5. The van der Waals surface area contributed by atoms with Gasteiger partial charge in [0.05, 0.1) is 5.02 Å². The normalized spacial score (nSPS) is 11.6. The van der Waals surface area contributed by atoms with Crippen LogP contribution in [0.3, 0.4) is 0 Å². The van der Waals surface area contributed by atoms with Gasteiger partial charge in [0, 0.05) is 31.5 Å². The number of hydrogen-bond acceptors (Lipinski definition) is 5. The number of anilines is 1. The topological polar surface area (TPSA) is 83.6 Å². The fourth-order valence-electron chi connectivity index (χ4n) is 3.32. The minimum atomic E-state index is -3.25. The van der Waals surface area contributed by atoms with Crippen molar-refractivity contribution >= 4 is 40.2 Å². The van der Waals surface area contributed by atoms with Gasteiger partial charge >= 0.3 is 6.09 Å². The Hall–Kier alpha value is -3.44. The summed E-state index contributed by atoms with van der Waals surface area (Å²) in [5.41, 5.74) is 2.91. The van der Waals surface area contributed by atoms with Gasteiger partial charge in [-0.2, -0.15) is 0 Å². The molecule has 1 heterocycles. The number of halogens is 5. The number of amides is 2. The molecule has 36 heavy (non-hydrogen) atoms. The van der Waals surface area contributed by atoms with Crippen LogP contribution in [0.15, 0.2) is 48.7 Å². The van der Waals surface area contributed by atoms with E-state index in [0.717, 1.165) is 18.0 Å². The lowest BCUT2D eigenvalue weighted by Crippen LogP contribution is -2.47. The molecule has 0 atom stereocenters. The van der Waals surface area contributed by atoms with Crippen molar-refractivity contribution in [3.8, 4) is 0 Å². The number of carbonyl (C=O) groups excluding carboxylic acids is 2. The predicted molar refractivity (Wildman–Crippen MR) is 126 cm³/mol. The van der Waals surface area contributed by atoms with Crippen LogP contribution in [0.2, 0.25) is 5.02 Å². The maximum Gasteiger partial charge on any atom is 0.412 e. The molecule has 0 saturated carbocycles. The van der Waals surface area contributed by atoms with Crippen molar-refractivity contribution in [2.75, 3.05) is 11.9 Å². The lowest BCUT2D eigenvalue weighted by atomic mass is 10.1. The van der Waals surface area contributed by atoms with Gasteiger partial charge in [-0.1, -0.05) is 23.7 Å². The van der Waals surface area contributed by atoms with Crippen LogP contribution in [0.5, 0.6) is 0 Å². The highest BCUT2D eigenvalue weighted by molar-refractivity contribution is 6.31. The van der Waals surface area contributed by atoms with Gasteiger partial charge < -0.3 is 4.74 Å². The molecule has 0 aliphatic carbocycles. The van der Waals surface area contributed by atoms with Crippen LogP contribution >= 0.6 is 11.6 Å². The summed E-state index contributed by atoms with van der Waals surface area (Å²) in [5.74, 6) is -5.03. The van der Waals surface area contributed by atoms with E-state index in [-0.39, 0.29) is 29.0 Å². The van der Waals surface area contributed by atoms with Crippen LogP contribution in [-0.2, 0) is 16.1 Å². The zero-order valence-electron chi connectivity index (χ0n) is 19.2. The van der Waals surface area contributed by atoms with Crippen molar-refractivity contribution in [1.29, 1.82) is 0 Å². The van der Waals surface area contributed by atoms with Crippen molar-refractivity contribution < 1.29 is 31.9 Å². The Morgan fingerprint density at radius 3 is 2.58 bits per heavy atom. The highest BCUT2D eigenvalue weighted by Gasteiger charge is 2.34. The van der Waals surface area contributed by atoms with E-state index in [1.165, 1.54) is 42.6 Å². The van der Waals surface area contributed by atoms with Crippen molar-refractivity contribution in [1.82, 2.24) is 15.4 Å². The molecule has 0 bridgehead atoms. The molecule has 1 aromatic heterocycles. The standard InChI is InChI=1S/C24H22ClF4N4O3/c1-14(34)33(31-12-16-4-3-5-20(27)22(16)25)19(10-24(2,28)29)13-36-23(35)32-21-9-17-8-18(26)7-6-15(17)11-30-21/h3-9,11,31H,10,12-13H2,1-2H3,(H,30,32,35). The number of alkyl halides is 2. The molecule has 0 aliphatic heterocycles. The summed E-state index contributed by atoms with van der Waals surface area (Å²) < 4.78 is 60.0. The van der Waals surface area contributed by atoms with Gasteiger partial charge in [-0.3, -0.25) is 15.1 Å². The maximum absolute atomic E-state index is 13.9. The van der Waals surface area contributed by atoms with Gasteiger partial charge in [0.15, 0.2) is 0 Å². The average molecular weight is 526 g/mol. The number of nitrogens with one attached hydrogen (secondary N) is 2. The number of rotatable bonds is 9. The molecule has 2 amide bonds. The molecule has 0 unspecified atom stereocenters. The second kappa shape index (κ2) is 11.5. The molecule has 191 valence electrons. The quantitative estimate of drug-likeness (QED) is 0.271. The largest absolute Gasteiger partial charge is 0.447 e. The van der Waals surface area contributed by atoms with Gasteiger partial charge in [-0.15, -0.1) is 0 Å². The average Bonchev–Trinajstić information content (AvgIpc) is 2.78. The molecule has 12 heteroatoms. The minimum absolute atomic E-state index is 0.0442. The van der Waals surface area contributed by atoms with Crippen LogP contribution in [0.4, 0.5) is 28.2 Å². The van der Waals surface area contributed by atoms with Crippen molar-refractivity contribution in [2.45, 2.75) is 32.7 Å². The number of fused-ring (bicyclic) bond motifs is 1. The monoisotopic (exact) mass is 525 g/mol. The Morgan fingerprint density at radius 1 is 1.14 bits per heavy atom. The van der Waals surface area contributed by atoms with E-state index in [4.69, 9.17) is 16.3 Å². The van der Waals surface area contributed by atoms with E-state index in [2.05, 4.69) is 15.7 Å². The summed E-state index contributed by atoms with van der Waals surface area (Å²) in [4.78, 5) is 28.6. The summed E-state index contributed by atoms with van der Waals surface area (Å²) in [6.45, 7) is 0.915. The third kappa shape index (κ3) is 7.53. The lowest BCUT2D eigenvalue weighted by molar-refractivity contribution is -0.133.